The second kappa shape index (κ2) is 5.62. The SMILES string of the molecule is CC(CO)SCCc1ccsc1. The highest BCUT2D eigenvalue weighted by atomic mass is 32.2. The second-order valence-corrected chi connectivity index (χ2v) is 5.07. The number of rotatable bonds is 5. The molecular formula is C9H14OS2. The molecule has 1 aromatic heterocycles. The summed E-state index contributed by atoms with van der Waals surface area (Å²) in [6.45, 7) is 2.34. The van der Waals surface area contributed by atoms with Gasteiger partial charge in [0.1, 0.15) is 0 Å². The summed E-state index contributed by atoms with van der Waals surface area (Å²) >= 11 is 3.57. The number of aliphatic hydroxyl groups excluding tert-OH is 1. The van der Waals surface area contributed by atoms with Crippen molar-refractivity contribution >= 4 is 23.1 Å². The number of hydrogen-bond donors (Lipinski definition) is 1. The van der Waals surface area contributed by atoms with Crippen molar-refractivity contribution in [3.8, 4) is 0 Å². The van der Waals surface area contributed by atoms with E-state index in [0.29, 0.717) is 5.25 Å². The molecule has 1 aromatic rings. The first-order valence-corrected chi connectivity index (χ1v) is 6.05. The molecular weight excluding hydrogens is 188 g/mol. The Balaban J connectivity index is 2.11. The van der Waals surface area contributed by atoms with Crippen LogP contribution < -0.4 is 0 Å². The maximum absolute atomic E-state index is 8.77. The van der Waals surface area contributed by atoms with Gasteiger partial charge in [0.25, 0.3) is 0 Å². The molecule has 1 rings (SSSR count). The lowest BCUT2D eigenvalue weighted by atomic mass is 10.3. The molecule has 0 aliphatic heterocycles. The molecule has 0 aliphatic rings. The lowest BCUT2D eigenvalue weighted by Crippen LogP contribution is -2.03. The standard InChI is InChI=1S/C9H14OS2/c1-8(6-10)12-5-3-9-2-4-11-7-9/h2,4,7-8,10H,3,5-6H2,1H3. The van der Waals surface area contributed by atoms with E-state index in [4.69, 9.17) is 5.11 Å². The first kappa shape index (κ1) is 10.1. The zero-order valence-corrected chi connectivity index (χ0v) is 8.83. The average Bonchev–Trinajstić information content (AvgIpc) is 2.57. The lowest BCUT2D eigenvalue weighted by molar-refractivity contribution is 0.300. The molecule has 1 unspecified atom stereocenters. The van der Waals surface area contributed by atoms with Crippen LogP contribution >= 0.6 is 23.1 Å². The van der Waals surface area contributed by atoms with Gasteiger partial charge in [-0.15, -0.1) is 0 Å². The minimum atomic E-state index is 0.286. The second-order valence-electron chi connectivity index (χ2n) is 2.75. The zero-order valence-electron chi connectivity index (χ0n) is 7.19. The van der Waals surface area contributed by atoms with Crippen molar-refractivity contribution in [2.24, 2.45) is 0 Å². The first-order chi connectivity index (χ1) is 5.83. The van der Waals surface area contributed by atoms with Gasteiger partial charge in [-0.25, -0.2) is 0 Å². The van der Waals surface area contributed by atoms with Gasteiger partial charge in [0, 0.05) is 5.25 Å². The van der Waals surface area contributed by atoms with Crippen LogP contribution in [0.3, 0.4) is 0 Å². The summed E-state index contributed by atoms with van der Waals surface area (Å²) in [6, 6.07) is 2.16. The fourth-order valence-electron chi connectivity index (χ4n) is 0.866. The van der Waals surface area contributed by atoms with E-state index in [9.17, 15) is 0 Å². The third-order valence-corrected chi connectivity index (χ3v) is 3.52. The highest BCUT2D eigenvalue weighted by molar-refractivity contribution is 7.99. The average molecular weight is 202 g/mol. The fourth-order valence-corrected chi connectivity index (χ4v) is 2.43. The largest absolute Gasteiger partial charge is 0.395 e. The van der Waals surface area contributed by atoms with Crippen LogP contribution in [-0.2, 0) is 6.42 Å². The van der Waals surface area contributed by atoms with Crippen molar-refractivity contribution in [3.05, 3.63) is 22.4 Å². The Kier molecular flexibility index (Phi) is 4.73. The Hall–Kier alpha value is 0.01000. The predicted molar refractivity (Wildman–Crippen MR) is 57.0 cm³/mol. The van der Waals surface area contributed by atoms with Crippen LogP contribution in [0.4, 0.5) is 0 Å². The fraction of sp³-hybridized carbons (Fsp3) is 0.556. The van der Waals surface area contributed by atoms with Gasteiger partial charge in [0.05, 0.1) is 6.61 Å². The van der Waals surface area contributed by atoms with Gasteiger partial charge in [-0.05, 0) is 34.6 Å². The van der Waals surface area contributed by atoms with E-state index in [0.717, 1.165) is 12.2 Å². The summed E-state index contributed by atoms with van der Waals surface area (Å²) in [5, 5.41) is 13.4. The van der Waals surface area contributed by atoms with E-state index in [2.05, 4.69) is 23.8 Å². The summed E-state index contributed by atoms with van der Waals surface area (Å²) < 4.78 is 0. The molecule has 0 saturated heterocycles. The Morgan fingerprint density at radius 3 is 3.08 bits per heavy atom. The van der Waals surface area contributed by atoms with E-state index in [1.54, 1.807) is 11.3 Å². The monoisotopic (exact) mass is 202 g/mol. The zero-order chi connectivity index (χ0) is 8.81. The van der Waals surface area contributed by atoms with Crippen LogP contribution in [0.1, 0.15) is 12.5 Å². The Morgan fingerprint density at radius 1 is 1.67 bits per heavy atom. The van der Waals surface area contributed by atoms with Gasteiger partial charge < -0.3 is 5.11 Å². The topological polar surface area (TPSA) is 20.2 Å². The molecule has 0 amide bonds. The Morgan fingerprint density at radius 2 is 2.50 bits per heavy atom. The normalized spacial score (nSPS) is 13.2. The summed E-state index contributed by atoms with van der Waals surface area (Å²) in [7, 11) is 0. The maximum atomic E-state index is 8.77. The number of aliphatic hydroxyl groups is 1. The molecule has 0 bridgehead atoms. The maximum Gasteiger partial charge on any atom is 0.0547 e. The highest BCUT2D eigenvalue weighted by Crippen LogP contribution is 2.14. The van der Waals surface area contributed by atoms with Crippen LogP contribution in [-0.4, -0.2) is 22.7 Å². The minimum absolute atomic E-state index is 0.286. The molecule has 1 heterocycles. The van der Waals surface area contributed by atoms with Crippen LogP contribution in [0.2, 0.25) is 0 Å². The Bertz CT molecular complexity index is 196. The van der Waals surface area contributed by atoms with Gasteiger partial charge in [0.2, 0.25) is 0 Å². The van der Waals surface area contributed by atoms with Crippen molar-refractivity contribution < 1.29 is 5.11 Å². The number of thiophene rings is 1. The molecule has 0 spiro atoms. The van der Waals surface area contributed by atoms with Crippen molar-refractivity contribution in [3.63, 3.8) is 0 Å². The van der Waals surface area contributed by atoms with Gasteiger partial charge in [-0.3, -0.25) is 0 Å². The third-order valence-electron chi connectivity index (χ3n) is 1.63. The van der Waals surface area contributed by atoms with Crippen molar-refractivity contribution in [1.29, 1.82) is 0 Å². The van der Waals surface area contributed by atoms with Gasteiger partial charge in [-0.2, -0.15) is 23.1 Å². The van der Waals surface area contributed by atoms with E-state index in [1.807, 2.05) is 11.8 Å². The molecule has 0 aromatic carbocycles. The van der Waals surface area contributed by atoms with E-state index in [1.165, 1.54) is 5.56 Å². The molecule has 1 atom stereocenters. The van der Waals surface area contributed by atoms with Crippen LogP contribution in [0.5, 0.6) is 0 Å². The molecule has 1 N–H and O–H groups in total. The third kappa shape index (κ3) is 3.61. The Labute approximate surface area is 81.8 Å². The molecule has 0 aliphatic carbocycles. The minimum Gasteiger partial charge on any atom is -0.395 e. The number of hydrogen-bond acceptors (Lipinski definition) is 3. The number of aryl methyl sites for hydroxylation is 1. The van der Waals surface area contributed by atoms with E-state index >= 15 is 0 Å². The smallest absolute Gasteiger partial charge is 0.0547 e. The van der Waals surface area contributed by atoms with Gasteiger partial charge in [-0.1, -0.05) is 6.92 Å². The molecule has 12 heavy (non-hydrogen) atoms. The summed E-state index contributed by atoms with van der Waals surface area (Å²) in [4.78, 5) is 0. The van der Waals surface area contributed by atoms with E-state index < -0.39 is 0 Å². The molecule has 68 valence electrons. The summed E-state index contributed by atoms with van der Waals surface area (Å²) in [5.41, 5.74) is 1.41. The van der Waals surface area contributed by atoms with Crippen LogP contribution in [0.15, 0.2) is 16.8 Å². The van der Waals surface area contributed by atoms with Crippen molar-refractivity contribution in [2.45, 2.75) is 18.6 Å². The predicted octanol–water partition coefficient (Wildman–Crippen LogP) is 2.40. The van der Waals surface area contributed by atoms with Crippen molar-refractivity contribution in [2.75, 3.05) is 12.4 Å². The van der Waals surface area contributed by atoms with E-state index in [-0.39, 0.29) is 6.61 Å². The van der Waals surface area contributed by atoms with Gasteiger partial charge >= 0.3 is 0 Å². The van der Waals surface area contributed by atoms with Gasteiger partial charge in [0.15, 0.2) is 0 Å². The molecule has 1 nitrogen and oxygen atoms in total. The molecule has 0 fully saturated rings. The lowest BCUT2D eigenvalue weighted by Gasteiger charge is -2.05. The van der Waals surface area contributed by atoms with Crippen LogP contribution in [0, 0.1) is 0 Å². The van der Waals surface area contributed by atoms with Crippen molar-refractivity contribution in [1.82, 2.24) is 0 Å². The highest BCUT2D eigenvalue weighted by Gasteiger charge is 1.99. The molecule has 3 heteroatoms. The quantitative estimate of drug-likeness (QED) is 0.791. The summed E-state index contributed by atoms with van der Waals surface area (Å²) in [6.07, 6.45) is 1.12. The van der Waals surface area contributed by atoms with Crippen LogP contribution in [0.25, 0.3) is 0 Å². The number of thioether (sulfide) groups is 1. The first-order valence-electron chi connectivity index (χ1n) is 4.06. The molecule has 0 radical (unpaired) electrons. The summed E-state index contributed by atoms with van der Waals surface area (Å²) in [5.74, 6) is 1.11. The molecule has 0 saturated carbocycles.